The highest BCUT2D eigenvalue weighted by Gasteiger charge is 2.19. The van der Waals surface area contributed by atoms with Crippen LogP contribution in [0.15, 0.2) is 231 Å². The molecule has 62 heavy (non-hydrogen) atoms. The predicted octanol–water partition coefficient (Wildman–Crippen LogP) is 16.8. The molecule has 10 aromatic carbocycles. The Morgan fingerprint density at radius 2 is 0.581 bits per heavy atom. The maximum absolute atomic E-state index is 2.42. The van der Waals surface area contributed by atoms with Crippen LogP contribution in [-0.2, 0) is 0 Å². The third-order valence-corrected chi connectivity index (χ3v) is 12.4. The Hall–Kier alpha value is -7.94. The average molecular weight is 793 g/mol. The molecule has 0 aliphatic heterocycles. The van der Waals surface area contributed by atoms with E-state index in [4.69, 9.17) is 0 Å². The largest absolute Gasteiger partial charge is 0.309 e. The Morgan fingerprint density at radius 3 is 1.02 bits per heavy atom. The number of hydrogen-bond acceptors (Lipinski definition) is 0. The van der Waals surface area contributed by atoms with Crippen LogP contribution in [0.25, 0.3) is 110 Å². The highest BCUT2D eigenvalue weighted by atomic mass is 15.0. The van der Waals surface area contributed by atoms with E-state index in [2.05, 4.69) is 228 Å². The first-order chi connectivity index (χ1) is 30.7. The highest BCUT2D eigenvalue weighted by molar-refractivity contribution is 6.21. The predicted molar refractivity (Wildman–Crippen MR) is 267 cm³/mol. The number of hydrogen-bond donors (Lipinski definition) is 0. The van der Waals surface area contributed by atoms with E-state index >= 15 is 0 Å². The molecule has 0 spiro atoms. The molecule has 294 valence electrons. The Bertz CT molecular complexity index is 3560. The summed E-state index contributed by atoms with van der Waals surface area (Å²) in [5.74, 6) is 0. The molecule has 0 saturated heterocycles. The standard InChI is InChI=1S/C56H36N2.C4H8/c1-3-15-37(16-4-1)55-45-21-7-9-23-47(45)56(48-24-10-8-22-46(48)55)38-27-31-42(32-28-38)58-52-26-14-12-20-44(52)50-36-40(30-34-54(50)58)39-29-33-53-49(35-39)43-19-11-13-25-51(43)57(53)41-17-5-2-6-18-41;1-3-4-2/h1-36H;3-4H,1-2H3/b;4-3-. The van der Waals surface area contributed by atoms with Gasteiger partial charge in [-0.25, -0.2) is 0 Å². The number of benzene rings is 10. The Balaban J connectivity index is 0.00000104. The Kier molecular flexibility index (Phi) is 9.32. The number of para-hydroxylation sites is 3. The summed E-state index contributed by atoms with van der Waals surface area (Å²) < 4.78 is 4.80. The fourth-order valence-corrected chi connectivity index (χ4v) is 9.57. The number of fused-ring (bicyclic) bond motifs is 8. The van der Waals surface area contributed by atoms with Gasteiger partial charge in [0.05, 0.1) is 22.1 Å². The quantitative estimate of drug-likeness (QED) is 0.121. The van der Waals surface area contributed by atoms with Gasteiger partial charge in [0.15, 0.2) is 0 Å². The van der Waals surface area contributed by atoms with Crippen LogP contribution in [0.3, 0.4) is 0 Å². The number of aromatic nitrogens is 2. The number of allylic oxidation sites excluding steroid dienone is 2. The minimum Gasteiger partial charge on any atom is -0.309 e. The van der Waals surface area contributed by atoms with Crippen LogP contribution in [0.5, 0.6) is 0 Å². The second kappa shape index (κ2) is 15.6. The van der Waals surface area contributed by atoms with Crippen LogP contribution < -0.4 is 0 Å². The lowest BCUT2D eigenvalue weighted by Crippen LogP contribution is -1.95. The normalized spacial score (nSPS) is 11.6. The summed E-state index contributed by atoms with van der Waals surface area (Å²) in [4.78, 5) is 0. The first-order valence-electron chi connectivity index (χ1n) is 21.5. The van der Waals surface area contributed by atoms with Crippen molar-refractivity contribution in [3.8, 4) is 44.8 Å². The lowest BCUT2D eigenvalue weighted by molar-refractivity contribution is 1.18. The molecule has 2 nitrogen and oxygen atoms in total. The molecule has 0 bridgehead atoms. The smallest absolute Gasteiger partial charge is 0.0541 e. The van der Waals surface area contributed by atoms with Crippen molar-refractivity contribution in [2.75, 3.05) is 0 Å². The second-order valence-corrected chi connectivity index (χ2v) is 15.9. The molecule has 0 N–H and O–H groups in total. The van der Waals surface area contributed by atoms with Crippen molar-refractivity contribution >= 4 is 65.2 Å². The fraction of sp³-hybridized carbons (Fsp3) is 0.0333. The molecule has 0 aliphatic rings. The van der Waals surface area contributed by atoms with E-state index in [-0.39, 0.29) is 0 Å². The van der Waals surface area contributed by atoms with E-state index in [1.54, 1.807) is 0 Å². The van der Waals surface area contributed by atoms with Gasteiger partial charge in [-0.2, -0.15) is 0 Å². The lowest BCUT2D eigenvalue weighted by atomic mass is 9.86. The Labute approximate surface area is 361 Å². The van der Waals surface area contributed by atoms with Crippen LogP contribution in [0, 0.1) is 0 Å². The van der Waals surface area contributed by atoms with Crippen LogP contribution in [0.1, 0.15) is 13.8 Å². The van der Waals surface area contributed by atoms with Gasteiger partial charge in [-0.15, -0.1) is 0 Å². The molecule has 0 fully saturated rings. The molecular weight excluding hydrogens is 749 g/mol. The van der Waals surface area contributed by atoms with Crippen molar-refractivity contribution in [3.05, 3.63) is 231 Å². The van der Waals surface area contributed by atoms with Crippen LogP contribution >= 0.6 is 0 Å². The third kappa shape index (κ3) is 6.11. The zero-order chi connectivity index (χ0) is 41.6. The van der Waals surface area contributed by atoms with E-state index < -0.39 is 0 Å². The van der Waals surface area contributed by atoms with Crippen molar-refractivity contribution in [3.63, 3.8) is 0 Å². The van der Waals surface area contributed by atoms with Gasteiger partial charge in [0, 0.05) is 32.9 Å². The summed E-state index contributed by atoms with van der Waals surface area (Å²) in [6, 6.07) is 79.9. The van der Waals surface area contributed by atoms with Crippen LogP contribution in [-0.4, -0.2) is 9.13 Å². The van der Waals surface area contributed by atoms with Crippen LogP contribution in [0.2, 0.25) is 0 Å². The van der Waals surface area contributed by atoms with Gasteiger partial charge in [-0.1, -0.05) is 170 Å². The lowest BCUT2D eigenvalue weighted by Gasteiger charge is -2.18. The van der Waals surface area contributed by atoms with Gasteiger partial charge < -0.3 is 9.13 Å². The average Bonchev–Trinajstić information content (AvgIpc) is 3.86. The molecule has 0 aliphatic carbocycles. The summed E-state index contributed by atoms with van der Waals surface area (Å²) in [5, 5.41) is 10.1. The molecule has 0 amide bonds. The van der Waals surface area contributed by atoms with E-state index in [1.807, 2.05) is 26.0 Å². The van der Waals surface area contributed by atoms with E-state index in [0.717, 1.165) is 5.69 Å². The minimum absolute atomic E-state index is 1.15. The minimum atomic E-state index is 1.15. The molecular formula is C60H44N2. The molecule has 2 heterocycles. The van der Waals surface area contributed by atoms with Gasteiger partial charge in [-0.3, -0.25) is 0 Å². The third-order valence-electron chi connectivity index (χ3n) is 12.4. The van der Waals surface area contributed by atoms with Crippen LogP contribution in [0.4, 0.5) is 0 Å². The maximum atomic E-state index is 2.42. The van der Waals surface area contributed by atoms with E-state index in [1.165, 1.54) is 104 Å². The second-order valence-electron chi connectivity index (χ2n) is 15.9. The first kappa shape index (κ1) is 37.1. The number of rotatable bonds is 5. The van der Waals surface area contributed by atoms with Gasteiger partial charge in [0.25, 0.3) is 0 Å². The summed E-state index contributed by atoms with van der Waals surface area (Å²) in [6.45, 7) is 4.00. The molecule has 2 heteroatoms. The summed E-state index contributed by atoms with van der Waals surface area (Å²) >= 11 is 0. The zero-order valence-corrected chi connectivity index (χ0v) is 34.8. The monoisotopic (exact) mass is 792 g/mol. The molecule has 0 radical (unpaired) electrons. The van der Waals surface area contributed by atoms with Crippen molar-refractivity contribution in [2.24, 2.45) is 0 Å². The molecule has 0 saturated carbocycles. The van der Waals surface area contributed by atoms with Crippen molar-refractivity contribution in [1.29, 1.82) is 0 Å². The maximum Gasteiger partial charge on any atom is 0.0541 e. The van der Waals surface area contributed by atoms with Gasteiger partial charge >= 0.3 is 0 Å². The summed E-state index contributed by atoms with van der Waals surface area (Å²) in [6.07, 6.45) is 4.00. The van der Waals surface area contributed by atoms with Crippen molar-refractivity contribution in [1.82, 2.24) is 9.13 Å². The molecule has 12 rings (SSSR count). The fourth-order valence-electron chi connectivity index (χ4n) is 9.57. The van der Waals surface area contributed by atoms with E-state index in [0.29, 0.717) is 0 Å². The number of nitrogens with zero attached hydrogens (tertiary/aromatic N) is 2. The first-order valence-corrected chi connectivity index (χ1v) is 21.5. The molecule has 12 aromatic rings. The summed E-state index contributed by atoms with van der Waals surface area (Å²) in [5.41, 5.74) is 14.6. The SMILES string of the molecule is C/C=C\C.c1ccc(-c2c3ccccc3c(-c3ccc(-n4c5ccccc5c5cc(-c6ccc7c(c6)c6ccccc6n7-c6ccccc6)ccc54)cc3)c3ccccc23)cc1. The van der Waals surface area contributed by atoms with E-state index in [9.17, 15) is 0 Å². The van der Waals surface area contributed by atoms with Gasteiger partial charge in [-0.05, 0) is 129 Å². The van der Waals surface area contributed by atoms with Gasteiger partial charge in [0.2, 0.25) is 0 Å². The highest BCUT2D eigenvalue weighted by Crippen LogP contribution is 2.44. The topological polar surface area (TPSA) is 9.86 Å². The van der Waals surface area contributed by atoms with Crippen molar-refractivity contribution < 1.29 is 0 Å². The zero-order valence-electron chi connectivity index (χ0n) is 34.8. The van der Waals surface area contributed by atoms with Crippen molar-refractivity contribution in [2.45, 2.75) is 13.8 Å². The molecule has 0 unspecified atom stereocenters. The Morgan fingerprint density at radius 1 is 0.258 bits per heavy atom. The molecule has 0 atom stereocenters. The molecule has 2 aromatic heterocycles. The summed E-state index contributed by atoms with van der Waals surface area (Å²) in [7, 11) is 0. The van der Waals surface area contributed by atoms with Gasteiger partial charge in [0.1, 0.15) is 0 Å².